The summed E-state index contributed by atoms with van der Waals surface area (Å²) < 4.78 is 1.32. The molecule has 0 aliphatic rings. The molecule has 0 atom stereocenters. The maximum atomic E-state index is 11.9. The van der Waals surface area contributed by atoms with Gasteiger partial charge in [-0.15, -0.1) is 5.10 Å². The predicted octanol–water partition coefficient (Wildman–Crippen LogP) is 2.34. The summed E-state index contributed by atoms with van der Waals surface area (Å²) in [5.74, 6) is 1.55. The van der Waals surface area contributed by atoms with Crippen LogP contribution in [-0.2, 0) is 0 Å². The third-order valence-corrected chi connectivity index (χ3v) is 3.53. The highest BCUT2D eigenvalue weighted by atomic mass is 32.2. The van der Waals surface area contributed by atoms with E-state index in [1.54, 1.807) is 16.7 Å². The second-order valence-corrected chi connectivity index (χ2v) is 5.12. The van der Waals surface area contributed by atoms with Gasteiger partial charge in [0.2, 0.25) is 5.16 Å². The first-order chi connectivity index (χ1) is 8.08. The molecule has 1 heterocycles. The molecule has 1 aromatic rings. The summed E-state index contributed by atoms with van der Waals surface area (Å²) in [4.78, 5) is 17.8. The number of hydrogen-bond donors (Lipinski definition) is 0. The Morgan fingerprint density at radius 2 is 2.12 bits per heavy atom. The maximum Gasteiger partial charge on any atom is 0.346 e. The number of carbonyl (C=O) groups is 1. The minimum absolute atomic E-state index is 0.112. The Labute approximate surface area is 107 Å². The van der Waals surface area contributed by atoms with Gasteiger partial charge in [0.15, 0.2) is 0 Å². The van der Waals surface area contributed by atoms with Gasteiger partial charge in [-0.1, -0.05) is 25.6 Å². The molecule has 0 aliphatic heterocycles. The van der Waals surface area contributed by atoms with Crippen molar-refractivity contribution in [2.24, 2.45) is 5.92 Å². The van der Waals surface area contributed by atoms with Gasteiger partial charge in [0.1, 0.15) is 6.33 Å². The lowest BCUT2D eigenvalue weighted by Crippen LogP contribution is -2.34. The van der Waals surface area contributed by atoms with Crippen molar-refractivity contribution >= 4 is 17.8 Å². The number of hydrogen-bond acceptors (Lipinski definition) is 4. The lowest BCUT2D eigenvalue weighted by atomic mass is 10.3. The third kappa shape index (κ3) is 4.03. The second kappa shape index (κ2) is 6.64. The van der Waals surface area contributed by atoms with Gasteiger partial charge < -0.3 is 4.90 Å². The number of nitrogens with zero attached hydrogens (tertiary/aromatic N) is 4. The molecule has 0 aromatic carbocycles. The van der Waals surface area contributed by atoms with E-state index in [9.17, 15) is 4.79 Å². The summed E-state index contributed by atoms with van der Waals surface area (Å²) in [6, 6.07) is -0.112. The average Bonchev–Trinajstić information content (AvgIpc) is 2.76. The standard InChI is InChI=1S/C11H20N4OS/c1-5-14(6-2)11(16)15-8-12-10(13-15)17-7-9(3)4/h8-9H,5-7H2,1-4H3. The van der Waals surface area contributed by atoms with Gasteiger partial charge in [-0.05, 0) is 19.8 Å². The van der Waals surface area contributed by atoms with E-state index in [4.69, 9.17) is 0 Å². The highest BCUT2D eigenvalue weighted by molar-refractivity contribution is 7.99. The average molecular weight is 256 g/mol. The highest BCUT2D eigenvalue weighted by Crippen LogP contribution is 2.15. The quantitative estimate of drug-likeness (QED) is 0.759. The molecule has 0 aliphatic carbocycles. The van der Waals surface area contributed by atoms with Crippen LogP contribution in [0.2, 0.25) is 0 Å². The zero-order valence-electron chi connectivity index (χ0n) is 10.9. The molecule has 1 rings (SSSR count). The number of amides is 1. The van der Waals surface area contributed by atoms with E-state index in [0.29, 0.717) is 24.2 Å². The van der Waals surface area contributed by atoms with E-state index in [1.165, 1.54) is 11.0 Å². The molecule has 17 heavy (non-hydrogen) atoms. The fraction of sp³-hybridized carbons (Fsp3) is 0.727. The summed E-state index contributed by atoms with van der Waals surface area (Å²) in [6.45, 7) is 9.56. The topological polar surface area (TPSA) is 51.0 Å². The molecule has 0 radical (unpaired) electrons. The highest BCUT2D eigenvalue weighted by Gasteiger charge is 2.14. The summed E-state index contributed by atoms with van der Waals surface area (Å²) >= 11 is 1.58. The first kappa shape index (κ1) is 14.0. The molecule has 1 amide bonds. The van der Waals surface area contributed by atoms with Crippen molar-refractivity contribution in [3.8, 4) is 0 Å². The molecule has 96 valence electrons. The molecular weight excluding hydrogens is 236 g/mol. The molecule has 0 unspecified atom stereocenters. The van der Waals surface area contributed by atoms with E-state index in [2.05, 4.69) is 23.9 Å². The lowest BCUT2D eigenvalue weighted by Gasteiger charge is -2.17. The lowest BCUT2D eigenvalue weighted by molar-refractivity contribution is 0.201. The van der Waals surface area contributed by atoms with Crippen molar-refractivity contribution in [2.75, 3.05) is 18.8 Å². The van der Waals surface area contributed by atoms with Gasteiger partial charge in [0, 0.05) is 18.8 Å². The van der Waals surface area contributed by atoms with Crippen molar-refractivity contribution in [1.29, 1.82) is 0 Å². The summed E-state index contributed by atoms with van der Waals surface area (Å²) in [6.07, 6.45) is 1.49. The van der Waals surface area contributed by atoms with Gasteiger partial charge >= 0.3 is 6.03 Å². The van der Waals surface area contributed by atoms with E-state index in [1.807, 2.05) is 13.8 Å². The van der Waals surface area contributed by atoms with Crippen molar-refractivity contribution in [2.45, 2.75) is 32.9 Å². The second-order valence-electron chi connectivity index (χ2n) is 4.13. The van der Waals surface area contributed by atoms with E-state index < -0.39 is 0 Å². The van der Waals surface area contributed by atoms with E-state index >= 15 is 0 Å². The Morgan fingerprint density at radius 1 is 1.47 bits per heavy atom. The largest absolute Gasteiger partial charge is 0.346 e. The van der Waals surface area contributed by atoms with Crippen LogP contribution < -0.4 is 0 Å². The van der Waals surface area contributed by atoms with Crippen LogP contribution in [0.4, 0.5) is 4.79 Å². The normalized spacial score (nSPS) is 10.9. The minimum atomic E-state index is -0.112. The van der Waals surface area contributed by atoms with Crippen LogP contribution in [0.1, 0.15) is 27.7 Å². The molecule has 0 saturated carbocycles. The van der Waals surface area contributed by atoms with Gasteiger partial charge in [0.25, 0.3) is 0 Å². The Hall–Kier alpha value is -1.04. The maximum absolute atomic E-state index is 11.9. The minimum Gasteiger partial charge on any atom is -0.323 e. The van der Waals surface area contributed by atoms with Crippen molar-refractivity contribution < 1.29 is 4.79 Å². The Bertz CT molecular complexity index is 360. The Kier molecular flexibility index (Phi) is 5.47. The van der Waals surface area contributed by atoms with Gasteiger partial charge in [-0.25, -0.2) is 9.78 Å². The fourth-order valence-corrected chi connectivity index (χ4v) is 2.04. The molecule has 0 N–H and O–H groups in total. The monoisotopic (exact) mass is 256 g/mol. The van der Waals surface area contributed by atoms with Crippen LogP contribution >= 0.6 is 11.8 Å². The predicted molar refractivity (Wildman–Crippen MR) is 69.3 cm³/mol. The van der Waals surface area contributed by atoms with Crippen LogP contribution in [0.3, 0.4) is 0 Å². The molecule has 6 heteroatoms. The number of rotatable bonds is 5. The molecule has 0 spiro atoms. The smallest absolute Gasteiger partial charge is 0.323 e. The van der Waals surface area contributed by atoms with Crippen LogP contribution in [0, 0.1) is 5.92 Å². The van der Waals surface area contributed by atoms with Crippen LogP contribution in [-0.4, -0.2) is 44.5 Å². The van der Waals surface area contributed by atoms with Crippen molar-refractivity contribution in [1.82, 2.24) is 19.7 Å². The Balaban J connectivity index is 2.64. The third-order valence-electron chi connectivity index (χ3n) is 2.25. The van der Waals surface area contributed by atoms with Crippen molar-refractivity contribution in [3.05, 3.63) is 6.33 Å². The fourth-order valence-electron chi connectivity index (χ4n) is 1.29. The molecule has 5 nitrogen and oxygen atoms in total. The molecule has 0 fully saturated rings. The number of aromatic nitrogens is 3. The van der Waals surface area contributed by atoms with Gasteiger partial charge in [-0.2, -0.15) is 4.68 Å². The first-order valence-electron chi connectivity index (χ1n) is 5.92. The molecule has 0 bridgehead atoms. The van der Waals surface area contributed by atoms with Gasteiger partial charge in [0.05, 0.1) is 0 Å². The van der Waals surface area contributed by atoms with Gasteiger partial charge in [-0.3, -0.25) is 0 Å². The zero-order valence-corrected chi connectivity index (χ0v) is 11.7. The first-order valence-corrected chi connectivity index (χ1v) is 6.90. The summed E-state index contributed by atoms with van der Waals surface area (Å²) in [5, 5.41) is 4.84. The molecular formula is C11H20N4OS. The SMILES string of the molecule is CCN(CC)C(=O)n1cnc(SCC(C)C)n1. The Morgan fingerprint density at radius 3 is 2.65 bits per heavy atom. The zero-order chi connectivity index (χ0) is 12.8. The summed E-state index contributed by atoms with van der Waals surface area (Å²) in [5.41, 5.74) is 0. The molecule has 1 aromatic heterocycles. The van der Waals surface area contributed by atoms with Crippen LogP contribution in [0.15, 0.2) is 11.5 Å². The van der Waals surface area contributed by atoms with Crippen molar-refractivity contribution in [3.63, 3.8) is 0 Å². The summed E-state index contributed by atoms with van der Waals surface area (Å²) in [7, 11) is 0. The van der Waals surface area contributed by atoms with E-state index in [-0.39, 0.29) is 6.03 Å². The molecule has 0 saturated heterocycles. The number of carbonyl (C=O) groups excluding carboxylic acids is 1. The van der Waals surface area contributed by atoms with E-state index in [0.717, 1.165) is 5.75 Å². The number of thioether (sulfide) groups is 1. The van der Waals surface area contributed by atoms with Crippen LogP contribution in [0.25, 0.3) is 0 Å². The van der Waals surface area contributed by atoms with Crippen LogP contribution in [0.5, 0.6) is 0 Å².